The highest BCUT2D eigenvalue weighted by Crippen LogP contribution is 2.19. The molecule has 0 fully saturated rings. The molecule has 0 aliphatic heterocycles. The predicted octanol–water partition coefficient (Wildman–Crippen LogP) is 4.73. The molecule has 76 valence electrons. The number of allylic oxidation sites excluding steroid dienone is 3. The van der Waals surface area contributed by atoms with E-state index in [9.17, 15) is 0 Å². The summed E-state index contributed by atoms with van der Waals surface area (Å²) in [6.45, 7) is 12.9. The van der Waals surface area contributed by atoms with Gasteiger partial charge < -0.3 is 0 Å². The third kappa shape index (κ3) is 5.68. The first-order valence-electron chi connectivity index (χ1n) is 5.42. The Morgan fingerprint density at radius 1 is 1.31 bits per heavy atom. The fourth-order valence-electron chi connectivity index (χ4n) is 1.56. The Kier molecular flexibility index (Phi) is 6.66. The number of hydrogen-bond acceptors (Lipinski definition) is 0. The molecular formula is C13H24. The fourth-order valence-corrected chi connectivity index (χ4v) is 1.56. The van der Waals surface area contributed by atoms with E-state index in [1.165, 1.54) is 36.8 Å². The lowest BCUT2D eigenvalue weighted by molar-refractivity contribution is 0.600. The summed E-state index contributed by atoms with van der Waals surface area (Å²) in [5.41, 5.74) is 2.85. The standard InChI is InChI=1S/C13H24/c1-6-8-12(5)9-10-13(7-2)11(3)4/h9,13H,3,6-8,10H2,1-2,4-5H3. The molecule has 13 heavy (non-hydrogen) atoms. The van der Waals surface area contributed by atoms with E-state index in [-0.39, 0.29) is 0 Å². The minimum Gasteiger partial charge on any atom is -0.0998 e. The molecular weight excluding hydrogens is 156 g/mol. The van der Waals surface area contributed by atoms with Crippen LogP contribution in [0.1, 0.15) is 53.4 Å². The highest BCUT2D eigenvalue weighted by Gasteiger charge is 2.04. The van der Waals surface area contributed by atoms with E-state index in [0.717, 1.165) is 0 Å². The summed E-state index contributed by atoms with van der Waals surface area (Å²) in [5, 5.41) is 0. The van der Waals surface area contributed by atoms with E-state index >= 15 is 0 Å². The Balaban J connectivity index is 3.95. The van der Waals surface area contributed by atoms with Crippen molar-refractivity contribution in [3.05, 3.63) is 23.8 Å². The Hall–Kier alpha value is -0.520. The molecule has 0 spiro atoms. The second-order valence-electron chi connectivity index (χ2n) is 3.99. The van der Waals surface area contributed by atoms with Crippen molar-refractivity contribution in [1.29, 1.82) is 0 Å². The first-order chi connectivity index (χ1) is 6.11. The summed E-state index contributed by atoms with van der Waals surface area (Å²) < 4.78 is 0. The van der Waals surface area contributed by atoms with Crippen LogP contribution in [0.4, 0.5) is 0 Å². The molecule has 0 heteroatoms. The van der Waals surface area contributed by atoms with E-state index in [2.05, 4.69) is 40.3 Å². The molecule has 1 unspecified atom stereocenters. The maximum absolute atomic E-state index is 4.02. The molecule has 0 heterocycles. The van der Waals surface area contributed by atoms with E-state index in [1.54, 1.807) is 0 Å². The molecule has 0 N–H and O–H groups in total. The highest BCUT2D eigenvalue weighted by atomic mass is 14.1. The van der Waals surface area contributed by atoms with Crippen LogP contribution in [0.25, 0.3) is 0 Å². The maximum Gasteiger partial charge on any atom is -0.0177 e. The van der Waals surface area contributed by atoms with Crippen LogP contribution in [0.15, 0.2) is 23.8 Å². The van der Waals surface area contributed by atoms with Crippen molar-refractivity contribution >= 4 is 0 Å². The smallest absolute Gasteiger partial charge is 0.0177 e. The first kappa shape index (κ1) is 12.5. The van der Waals surface area contributed by atoms with Gasteiger partial charge in [0.05, 0.1) is 0 Å². The molecule has 0 rings (SSSR count). The summed E-state index contributed by atoms with van der Waals surface area (Å²) in [4.78, 5) is 0. The molecule has 1 atom stereocenters. The average Bonchev–Trinajstić information content (AvgIpc) is 2.05. The highest BCUT2D eigenvalue weighted by molar-refractivity contribution is 5.04. The Morgan fingerprint density at radius 2 is 1.92 bits per heavy atom. The van der Waals surface area contributed by atoms with Gasteiger partial charge in [0, 0.05) is 0 Å². The van der Waals surface area contributed by atoms with Crippen molar-refractivity contribution in [2.45, 2.75) is 53.4 Å². The lowest BCUT2D eigenvalue weighted by atomic mass is 9.94. The van der Waals surface area contributed by atoms with Crippen molar-refractivity contribution in [3.63, 3.8) is 0 Å². The van der Waals surface area contributed by atoms with Crippen LogP contribution in [0.3, 0.4) is 0 Å². The van der Waals surface area contributed by atoms with Crippen LogP contribution in [-0.2, 0) is 0 Å². The fraction of sp³-hybridized carbons (Fsp3) is 0.692. The summed E-state index contributed by atoms with van der Waals surface area (Å²) >= 11 is 0. The molecule has 0 radical (unpaired) electrons. The monoisotopic (exact) mass is 180 g/mol. The van der Waals surface area contributed by atoms with Gasteiger partial charge in [0.25, 0.3) is 0 Å². The molecule has 0 amide bonds. The van der Waals surface area contributed by atoms with Gasteiger partial charge in [0.1, 0.15) is 0 Å². The van der Waals surface area contributed by atoms with Gasteiger partial charge in [-0.25, -0.2) is 0 Å². The Morgan fingerprint density at radius 3 is 2.31 bits per heavy atom. The summed E-state index contributed by atoms with van der Waals surface area (Å²) in [6, 6.07) is 0. The van der Waals surface area contributed by atoms with Crippen molar-refractivity contribution in [2.75, 3.05) is 0 Å². The Labute approximate surface area is 83.7 Å². The summed E-state index contributed by atoms with van der Waals surface area (Å²) in [6.07, 6.45) is 7.27. The van der Waals surface area contributed by atoms with E-state index in [4.69, 9.17) is 0 Å². The van der Waals surface area contributed by atoms with Crippen LogP contribution in [0.5, 0.6) is 0 Å². The lowest BCUT2D eigenvalue weighted by Gasteiger charge is -2.12. The summed E-state index contributed by atoms with van der Waals surface area (Å²) in [7, 11) is 0. The SMILES string of the molecule is C=C(C)C(CC)CC=C(C)CCC. The van der Waals surface area contributed by atoms with Gasteiger partial charge in [0.15, 0.2) is 0 Å². The van der Waals surface area contributed by atoms with Crippen LogP contribution in [0.2, 0.25) is 0 Å². The van der Waals surface area contributed by atoms with E-state index in [0.29, 0.717) is 5.92 Å². The van der Waals surface area contributed by atoms with Gasteiger partial charge in [0.2, 0.25) is 0 Å². The number of hydrogen-bond donors (Lipinski definition) is 0. The van der Waals surface area contributed by atoms with Gasteiger partial charge in [-0.15, -0.1) is 0 Å². The van der Waals surface area contributed by atoms with Gasteiger partial charge in [-0.05, 0) is 39.0 Å². The normalized spacial score (nSPS) is 14.3. The molecule has 0 saturated heterocycles. The minimum absolute atomic E-state index is 0.687. The quantitative estimate of drug-likeness (QED) is 0.519. The zero-order valence-electron chi connectivity index (χ0n) is 9.69. The largest absolute Gasteiger partial charge is 0.0998 e. The van der Waals surface area contributed by atoms with Crippen LogP contribution < -0.4 is 0 Å². The molecule has 0 aliphatic carbocycles. The first-order valence-corrected chi connectivity index (χ1v) is 5.42. The van der Waals surface area contributed by atoms with Crippen molar-refractivity contribution < 1.29 is 0 Å². The molecule has 0 aromatic carbocycles. The minimum atomic E-state index is 0.687. The topological polar surface area (TPSA) is 0 Å². The van der Waals surface area contributed by atoms with E-state index < -0.39 is 0 Å². The lowest BCUT2D eigenvalue weighted by Crippen LogP contribution is -1.97. The molecule has 0 nitrogen and oxygen atoms in total. The van der Waals surface area contributed by atoms with Crippen LogP contribution >= 0.6 is 0 Å². The molecule has 0 aliphatic rings. The number of rotatable bonds is 6. The molecule has 0 aromatic heterocycles. The molecule has 0 bridgehead atoms. The van der Waals surface area contributed by atoms with Crippen molar-refractivity contribution in [3.8, 4) is 0 Å². The third-order valence-electron chi connectivity index (χ3n) is 2.58. The molecule has 0 saturated carbocycles. The third-order valence-corrected chi connectivity index (χ3v) is 2.58. The van der Waals surface area contributed by atoms with Gasteiger partial charge in [-0.2, -0.15) is 0 Å². The predicted molar refractivity (Wildman–Crippen MR) is 61.9 cm³/mol. The van der Waals surface area contributed by atoms with Crippen molar-refractivity contribution in [2.24, 2.45) is 5.92 Å². The second kappa shape index (κ2) is 6.94. The average molecular weight is 180 g/mol. The van der Waals surface area contributed by atoms with Gasteiger partial charge in [-0.1, -0.05) is 44.1 Å². The van der Waals surface area contributed by atoms with Gasteiger partial charge in [-0.3, -0.25) is 0 Å². The van der Waals surface area contributed by atoms with E-state index in [1.807, 2.05) is 0 Å². The zero-order chi connectivity index (χ0) is 10.3. The molecule has 0 aromatic rings. The van der Waals surface area contributed by atoms with Crippen molar-refractivity contribution in [1.82, 2.24) is 0 Å². The maximum atomic E-state index is 4.02. The van der Waals surface area contributed by atoms with Crippen LogP contribution in [-0.4, -0.2) is 0 Å². The zero-order valence-corrected chi connectivity index (χ0v) is 9.69. The van der Waals surface area contributed by atoms with Gasteiger partial charge >= 0.3 is 0 Å². The Bertz CT molecular complexity index is 174. The van der Waals surface area contributed by atoms with Crippen LogP contribution in [0, 0.1) is 5.92 Å². The summed E-state index contributed by atoms with van der Waals surface area (Å²) in [5.74, 6) is 0.687. The second-order valence-corrected chi connectivity index (χ2v) is 3.99.